The van der Waals surface area contributed by atoms with E-state index in [1.165, 1.54) is 22.6 Å². The van der Waals surface area contributed by atoms with E-state index in [0.717, 1.165) is 47.8 Å². The fourth-order valence-corrected chi connectivity index (χ4v) is 5.48. The minimum atomic E-state index is -0.0146. The summed E-state index contributed by atoms with van der Waals surface area (Å²) in [7, 11) is 0. The van der Waals surface area contributed by atoms with E-state index in [-0.39, 0.29) is 18.0 Å². The molecule has 0 spiro atoms. The van der Waals surface area contributed by atoms with Crippen LogP contribution in [0.15, 0.2) is 18.3 Å². The molecule has 1 aliphatic heterocycles. The average molecular weight is 424 g/mol. The van der Waals surface area contributed by atoms with Gasteiger partial charge in [0, 0.05) is 46.5 Å². The number of hydrogen-bond acceptors (Lipinski definition) is 5. The van der Waals surface area contributed by atoms with Gasteiger partial charge in [0.1, 0.15) is 0 Å². The molecule has 1 saturated carbocycles. The zero-order valence-electron chi connectivity index (χ0n) is 18.1. The number of amides is 1. The fraction of sp³-hybridized carbons (Fsp3) is 0.522. The third-order valence-corrected chi connectivity index (χ3v) is 7.20. The van der Waals surface area contributed by atoms with E-state index in [1.807, 2.05) is 10.7 Å². The number of pyridine rings is 1. The maximum atomic E-state index is 13.4. The number of fused-ring (bicyclic) bond motifs is 1. The molecule has 1 atom stereocenters. The van der Waals surface area contributed by atoms with E-state index in [1.54, 1.807) is 17.5 Å². The highest BCUT2D eigenvalue weighted by Crippen LogP contribution is 2.33. The van der Waals surface area contributed by atoms with E-state index in [4.69, 9.17) is 4.98 Å². The molecule has 1 unspecified atom stereocenters. The monoisotopic (exact) mass is 423 g/mol. The van der Waals surface area contributed by atoms with Crippen LogP contribution in [0.3, 0.4) is 0 Å². The summed E-state index contributed by atoms with van der Waals surface area (Å²) in [5.74, 6) is -0.0146. The predicted molar refractivity (Wildman–Crippen MR) is 121 cm³/mol. The van der Waals surface area contributed by atoms with E-state index >= 15 is 0 Å². The second kappa shape index (κ2) is 7.46. The van der Waals surface area contributed by atoms with Gasteiger partial charge in [0.25, 0.3) is 5.91 Å². The van der Waals surface area contributed by atoms with Crippen LogP contribution in [0, 0.1) is 13.8 Å². The van der Waals surface area contributed by atoms with Crippen molar-refractivity contribution in [3.8, 4) is 11.3 Å². The number of aryl methyl sites for hydroxylation is 2. The summed E-state index contributed by atoms with van der Waals surface area (Å²) in [5.41, 5.74) is 3.41. The van der Waals surface area contributed by atoms with Crippen LogP contribution in [0.25, 0.3) is 22.3 Å². The molecule has 6 nitrogen and oxygen atoms in total. The molecule has 1 amide bonds. The van der Waals surface area contributed by atoms with Gasteiger partial charge in [-0.1, -0.05) is 0 Å². The van der Waals surface area contributed by atoms with Crippen molar-refractivity contribution in [3.05, 3.63) is 33.6 Å². The summed E-state index contributed by atoms with van der Waals surface area (Å²) in [6, 6.07) is 5.26. The topological polar surface area (TPSA) is 63.1 Å². The van der Waals surface area contributed by atoms with Crippen LogP contribution >= 0.6 is 11.3 Å². The van der Waals surface area contributed by atoms with E-state index < -0.39 is 0 Å². The Morgan fingerprint density at radius 2 is 2.03 bits per heavy atom. The molecule has 5 rings (SSSR count). The lowest BCUT2D eigenvalue weighted by molar-refractivity contribution is 0.0939. The molecule has 7 heteroatoms. The van der Waals surface area contributed by atoms with Crippen molar-refractivity contribution in [2.75, 3.05) is 13.1 Å². The van der Waals surface area contributed by atoms with E-state index in [9.17, 15) is 4.79 Å². The minimum absolute atomic E-state index is 0.0146. The molecule has 1 saturated heterocycles. The summed E-state index contributed by atoms with van der Waals surface area (Å²) < 4.78 is 1.91. The average Bonchev–Trinajstić information content (AvgIpc) is 3.13. The van der Waals surface area contributed by atoms with E-state index in [0.29, 0.717) is 5.56 Å². The highest BCUT2D eigenvalue weighted by atomic mass is 32.1. The van der Waals surface area contributed by atoms with Gasteiger partial charge in [0.2, 0.25) is 0 Å². The molecule has 0 bridgehead atoms. The molecule has 30 heavy (non-hydrogen) atoms. The van der Waals surface area contributed by atoms with Crippen molar-refractivity contribution in [1.82, 2.24) is 25.0 Å². The first-order valence-electron chi connectivity index (χ1n) is 10.9. The van der Waals surface area contributed by atoms with Crippen LogP contribution in [0.4, 0.5) is 0 Å². The number of likely N-dealkylation sites (tertiary alicyclic amines) is 1. The van der Waals surface area contributed by atoms with Crippen LogP contribution in [0.5, 0.6) is 0 Å². The number of carbonyl (C=O) groups is 1. The summed E-state index contributed by atoms with van der Waals surface area (Å²) in [5, 5.41) is 8.66. The Bertz CT molecular complexity index is 1110. The molecule has 2 fully saturated rings. The molecule has 3 aromatic heterocycles. The number of thiophene rings is 1. The Kier molecular flexibility index (Phi) is 4.90. The first-order valence-corrected chi connectivity index (χ1v) is 11.7. The standard InChI is InChI=1S/C23H29N5OS/c1-13(2)28-22-20(11-24-28)19(10-21(26-22)18-9-14(3)30-15(18)4)23(29)25-16-7-8-27(12-16)17-5-6-17/h9-11,13,16-17H,5-8,12H2,1-4H3,(H,25,29). The summed E-state index contributed by atoms with van der Waals surface area (Å²) in [4.78, 5) is 23.3. The van der Waals surface area contributed by atoms with Gasteiger partial charge in [-0.05, 0) is 59.1 Å². The fourth-order valence-electron chi connectivity index (χ4n) is 4.55. The first-order chi connectivity index (χ1) is 14.4. The second-order valence-electron chi connectivity index (χ2n) is 8.99. The lowest BCUT2D eigenvalue weighted by Gasteiger charge is -2.16. The molecule has 3 aromatic rings. The van der Waals surface area contributed by atoms with Gasteiger partial charge in [-0.15, -0.1) is 11.3 Å². The molecular weight excluding hydrogens is 394 g/mol. The number of carbonyl (C=O) groups excluding carboxylic acids is 1. The predicted octanol–water partition coefficient (Wildman–Crippen LogP) is 4.32. The summed E-state index contributed by atoms with van der Waals surface area (Å²) in [6.45, 7) is 10.5. The van der Waals surface area contributed by atoms with Crippen molar-refractivity contribution in [2.24, 2.45) is 0 Å². The maximum absolute atomic E-state index is 13.4. The third kappa shape index (κ3) is 3.54. The number of nitrogens with one attached hydrogen (secondary N) is 1. The summed E-state index contributed by atoms with van der Waals surface area (Å²) in [6.07, 6.45) is 5.43. The van der Waals surface area contributed by atoms with Gasteiger partial charge < -0.3 is 5.32 Å². The molecule has 4 heterocycles. The maximum Gasteiger partial charge on any atom is 0.252 e. The van der Waals surface area contributed by atoms with Crippen molar-refractivity contribution in [3.63, 3.8) is 0 Å². The number of rotatable bonds is 5. The van der Waals surface area contributed by atoms with Crippen molar-refractivity contribution in [1.29, 1.82) is 0 Å². The van der Waals surface area contributed by atoms with E-state index in [2.05, 4.69) is 49.1 Å². The lowest BCUT2D eigenvalue weighted by Crippen LogP contribution is -2.37. The number of hydrogen-bond donors (Lipinski definition) is 1. The van der Waals surface area contributed by atoms with Gasteiger partial charge >= 0.3 is 0 Å². The second-order valence-corrected chi connectivity index (χ2v) is 10.4. The Morgan fingerprint density at radius 1 is 1.23 bits per heavy atom. The quantitative estimate of drug-likeness (QED) is 0.664. The van der Waals surface area contributed by atoms with Crippen molar-refractivity contribution >= 4 is 28.3 Å². The molecular formula is C23H29N5OS. The SMILES string of the molecule is Cc1cc(-c2cc(C(=O)NC3CCN(C4CC4)C3)c3cnn(C(C)C)c3n2)c(C)s1. The van der Waals surface area contributed by atoms with Gasteiger partial charge in [-0.25, -0.2) is 9.67 Å². The van der Waals surface area contributed by atoms with Crippen LogP contribution in [-0.2, 0) is 0 Å². The number of aromatic nitrogens is 3. The van der Waals surface area contributed by atoms with Gasteiger partial charge in [-0.2, -0.15) is 5.10 Å². The number of nitrogens with zero attached hydrogens (tertiary/aromatic N) is 4. The zero-order valence-corrected chi connectivity index (χ0v) is 18.9. The molecule has 1 N–H and O–H groups in total. The molecule has 0 radical (unpaired) electrons. The smallest absolute Gasteiger partial charge is 0.252 e. The highest BCUT2D eigenvalue weighted by molar-refractivity contribution is 7.12. The van der Waals surface area contributed by atoms with Crippen molar-refractivity contribution in [2.45, 2.75) is 65.1 Å². The Hall–Kier alpha value is -2.25. The Balaban J connectivity index is 1.52. The normalized spacial score (nSPS) is 19.8. The third-order valence-electron chi connectivity index (χ3n) is 6.24. The molecule has 0 aromatic carbocycles. The molecule has 2 aliphatic rings. The Morgan fingerprint density at radius 3 is 2.70 bits per heavy atom. The summed E-state index contributed by atoms with van der Waals surface area (Å²) >= 11 is 1.76. The van der Waals surface area contributed by atoms with Gasteiger partial charge in [0.05, 0.1) is 22.8 Å². The molecule has 1 aliphatic carbocycles. The van der Waals surface area contributed by atoms with Crippen LogP contribution in [0.2, 0.25) is 0 Å². The minimum Gasteiger partial charge on any atom is -0.348 e. The zero-order chi connectivity index (χ0) is 21.0. The largest absolute Gasteiger partial charge is 0.348 e. The highest BCUT2D eigenvalue weighted by Gasteiger charge is 2.35. The van der Waals surface area contributed by atoms with Crippen LogP contribution in [-0.4, -0.2) is 50.7 Å². The first kappa shape index (κ1) is 19.7. The lowest BCUT2D eigenvalue weighted by atomic mass is 10.1. The van der Waals surface area contributed by atoms with Crippen LogP contribution < -0.4 is 5.32 Å². The molecule has 158 valence electrons. The van der Waals surface area contributed by atoms with Gasteiger partial charge in [0.15, 0.2) is 5.65 Å². The Labute approximate surface area is 181 Å². The van der Waals surface area contributed by atoms with Crippen molar-refractivity contribution < 1.29 is 4.79 Å². The van der Waals surface area contributed by atoms with Crippen LogP contribution in [0.1, 0.15) is 59.3 Å². The van der Waals surface area contributed by atoms with Gasteiger partial charge in [-0.3, -0.25) is 9.69 Å².